The number of piperidine rings is 1. The number of nitrogens with zero attached hydrogens (tertiary/aromatic N) is 4. The lowest BCUT2D eigenvalue weighted by molar-refractivity contribution is -0.141. The first-order valence-corrected chi connectivity index (χ1v) is 8.82. The molecule has 0 unspecified atom stereocenters. The van der Waals surface area contributed by atoms with Gasteiger partial charge in [0.25, 0.3) is 0 Å². The lowest BCUT2D eigenvalue weighted by Gasteiger charge is -2.39. The third kappa shape index (κ3) is 2.48. The third-order valence-corrected chi connectivity index (χ3v) is 6.21. The molecule has 1 spiro atoms. The van der Waals surface area contributed by atoms with Crippen molar-refractivity contribution < 1.29 is 9.90 Å². The fourth-order valence-electron chi connectivity index (χ4n) is 4.13. The second-order valence-electron chi connectivity index (χ2n) is 6.80. The van der Waals surface area contributed by atoms with Crippen LogP contribution in [-0.4, -0.2) is 58.7 Å². The molecular formula is C16H20N4O2S. The maximum atomic E-state index is 11.4. The number of carboxylic acids is 1. The molecule has 0 bridgehead atoms. The zero-order valence-corrected chi connectivity index (χ0v) is 13.9. The Kier molecular flexibility index (Phi) is 3.50. The van der Waals surface area contributed by atoms with E-state index in [4.69, 9.17) is 0 Å². The summed E-state index contributed by atoms with van der Waals surface area (Å²) in [6.45, 7) is 2.75. The maximum absolute atomic E-state index is 11.4. The molecule has 0 radical (unpaired) electrons. The number of hydrogen-bond donors (Lipinski definition) is 1. The van der Waals surface area contributed by atoms with Crippen LogP contribution < -0.4 is 4.90 Å². The van der Waals surface area contributed by atoms with Gasteiger partial charge in [-0.25, -0.2) is 9.97 Å². The van der Waals surface area contributed by atoms with Gasteiger partial charge in [-0.1, -0.05) is 0 Å². The average Bonchev–Trinajstić information content (AvgIpc) is 3.13. The molecule has 2 fully saturated rings. The Morgan fingerprint density at radius 2 is 2.17 bits per heavy atom. The van der Waals surface area contributed by atoms with Crippen LogP contribution in [0, 0.1) is 5.41 Å². The van der Waals surface area contributed by atoms with Crippen LogP contribution in [0.25, 0.3) is 10.2 Å². The Morgan fingerprint density at radius 3 is 2.87 bits per heavy atom. The number of aromatic nitrogens is 2. The molecule has 6 nitrogen and oxygen atoms in total. The SMILES string of the molecule is CN1CC2(CCN(c3ncnc4sccc34)CC2)C[C@H]1C(=O)O. The molecule has 1 atom stereocenters. The van der Waals surface area contributed by atoms with E-state index in [9.17, 15) is 9.90 Å². The van der Waals surface area contributed by atoms with E-state index in [1.54, 1.807) is 17.7 Å². The topological polar surface area (TPSA) is 69.6 Å². The van der Waals surface area contributed by atoms with E-state index >= 15 is 0 Å². The van der Waals surface area contributed by atoms with Crippen LogP contribution in [0.5, 0.6) is 0 Å². The summed E-state index contributed by atoms with van der Waals surface area (Å²) in [6.07, 6.45) is 4.46. The highest BCUT2D eigenvalue weighted by Gasteiger charge is 2.46. The fraction of sp³-hybridized carbons (Fsp3) is 0.562. The summed E-state index contributed by atoms with van der Waals surface area (Å²) in [4.78, 5) is 25.5. The molecule has 2 aliphatic heterocycles. The van der Waals surface area contributed by atoms with E-state index in [0.717, 1.165) is 54.9 Å². The van der Waals surface area contributed by atoms with Crippen LogP contribution in [0.15, 0.2) is 17.8 Å². The number of fused-ring (bicyclic) bond motifs is 1. The molecule has 23 heavy (non-hydrogen) atoms. The van der Waals surface area contributed by atoms with Gasteiger partial charge in [-0.3, -0.25) is 9.69 Å². The predicted molar refractivity (Wildman–Crippen MR) is 90.0 cm³/mol. The van der Waals surface area contributed by atoms with Crippen molar-refractivity contribution >= 4 is 33.3 Å². The number of thiophene rings is 1. The van der Waals surface area contributed by atoms with Gasteiger partial charge in [0.1, 0.15) is 23.0 Å². The van der Waals surface area contributed by atoms with Crippen molar-refractivity contribution in [1.82, 2.24) is 14.9 Å². The molecule has 2 aromatic heterocycles. The molecule has 122 valence electrons. The van der Waals surface area contributed by atoms with Gasteiger partial charge in [-0.2, -0.15) is 0 Å². The Balaban J connectivity index is 1.52. The number of carbonyl (C=O) groups is 1. The maximum Gasteiger partial charge on any atom is 0.320 e. The van der Waals surface area contributed by atoms with E-state index < -0.39 is 5.97 Å². The lowest BCUT2D eigenvalue weighted by atomic mass is 9.76. The molecule has 2 aromatic rings. The minimum atomic E-state index is -0.692. The second-order valence-corrected chi connectivity index (χ2v) is 7.69. The average molecular weight is 332 g/mol. The number of anilines is 1. The van der Waals surface area contributed by atoms with Gasteiger partial charge in [-0.05, 0) is 43.2 Å². The molecule has 2 aliphatic rings. The summed E-state index contributed by atoms with van der Waals surface area (Å²) < 4.78 is 0. The van der Waals surface area contributed by atoms with E-state index in [-0.39, 0.29) is 11.5 Å². The molecule has 7 heteroatoms. The molecule has 0 aromatic carbocycles. The first kappa shape index (κ1) is 14.8. The number of rotatable bonds is 2. The molecule has 0 saturated carbocycles. The number of likely N-dealkylation sites (tertiary alicyclic amines) is 1. The molecule has 1 N–H and O–H groups in total. The van der Waals surface area contributed by atoms with Crippen LogP contribution in [-0.2, 0) is 4.79 Å². The Bertz CT molecular complexity index is 739. The van der Waals surface area contributed by atoms with Gasteiger partial charge in [-0.15, -0.1) is 11.3 Å². The molecular weight excluding hydrogens is 312 g/mol. The number of likely N-dealkylation sites (N-methyl/N-ethyl adjacent to an activating group) is 1. The zero-order valence-electron chi connectivity index (χ0n) is 13.1. The third-order valence-electron chi connectivity index (χ3n) is 5.39. The molecule has 0 aliphatic carbocycles. The van der Waals surface area contributed by atoms with Crippen molar-refractivity contribution in [2.45, 2.75) is 25.3 Å². The molecule has 4 heterocycles. The molecule has 2 saturated heterocycles. The Morgan fingerprint density at radius 1 is 1.39 bits per heavy atom. The number of aliphatic carboxylic acids is 1. The highest BCUT2D eigenvalue weighted by molar-refractivity contribution is 7.16. The van der Waals surface area contributed by atoms with Crippen molar-refractivity contribution in [1.29, 1.82) is 0 Å². The summed E-state index contributed by atoms with van der Waals surface area (Å²) in [5.41, 5.74) is 0.148. The monoisotopic (exact) mass is 332 g/mol. The highest BCUT2D eigenvalue weighted by atomic mass is 32.1. The standard InChI is InChI=1S/C16H20N4O2S/c1-19-9-16(8-12(19)15(21)22)3-5-20(6-4-16)13-11-2-7-23-14(11)18-10-17-13/h2,7,10,12H,3-6,8-9H2,1H3,(H,21,22)/t12-/m0/s1. The van der Waals surface area contributed by atoms with Gasteiger partial charge < -0.3 is 10.0 Å². The largest absolute Gasteiger partial charge is 0.480 e. The van der Waals surface area contributed by atoms with Gasteiger partial charge in [0.15, 0.2) is 0 Å². The van der Waals surface area contributed by atoms with Crippen molar-refractivity contribution in [3.8, 4) is 0 Å². The van der Waals surface area contributed by atoms with Crippen molar-refractivity contribution in [2.75, 3.05) is 31.6 Å². The smallest absolute Gasteiger partial charge is 0.320 e. The van der Waals surface area contributed by atoms with Crippen LogP contribution in [0.1, 0.15) is 19.3 Å². The summed E-state index contributed by atoms with van der Waals surface area (Å²) in [5, 5.41) is 12.5. The fourth-order valence-corrected chi connectivity index (χ4v) is 4.86. The van der Waals surface area contributed by atoms with Crippen LogP contribution >= 0.6 is 11.3 Å². The van der Waals surface area contributed by atoms with Crippen molar-refractivity contribution in [3.05, 3.63) is 17.8 Å². The highest BCUT2D eigenvalue weighted by Crippen LogP contribution is 2.44. The quantitative estimate of drug-likeness (QED) is 0.908. The van der Waals surface area contributed by atoms with Gasteiger partial charge in [0.05, 0.1) is 5.39 Å². The minimum Gasteiger partial charge on any atom is -0.480 e. The predicted octanol–water partition coefficient (Wildman–Crippen LogP) is 2.07. The summed E-state index contributed by atoms with van der Waals surface area (Å²) in [7, 11) is 1.93. The van der Waals surface area contributed by atoms with E-state index in [2.05, 4.69) is 26.3 Å². The molecule has 0 amide bonds. The second kappa shape index (κ2) is 5.42. The normalized spacial score (nSPS) is 24.6. The Labute approximate surface area is 138 Å². The van der Waals surface area contributed by atoms with E-state index in [0.29, 0.717) is 0 Å². The number of carboxylic acid groups (broad SMARTS) is 1. The first-order valence-electron chi connectivity index (χ1n) is 7.94. The van der Waals surface area contributed by atoms with Crippen LogP contribution in [0.3, 0.4) is 0 Å². The summed E-state index contributed by atoms with van der Waals surface area (Å²) >= 11 is 1.64. The number of hydrogen-bond acceptors (Lipinski definition) is 6. The van der Waals surface area contributed by atoms with Gasteiger partial charge >= 0.3 is 5.97 Å². The van der Waals surface area contributed by atoms with Crippen molar-refractivity contribution in [3.63, 3.8) is 0 Å². The summed E-state index contributed by atoms with van der Waals surface area (Å²) in [6, 6.07) is 1.76. The van der Waals surface area contributed by atoms with Crippen molar-refractivity contribution in [2.24, 2.45) is 5.41 Å². The first-order chi connectivity index (χ1) is 11.1. The van der Waals surface area contributed by atoms with Crippen LogP contribution in [0.2, 0.25) is 0 Å². The van der Waals surface area contributed by atoms with E-state index in [1.165, 1.54) is 0 Å². The minimum absolute atomic E-state index is 0.148. The molecule has 4 rings (SSSR count). The lowest BCUT2D eigenvalue weighted by Crippen LogP contribution is -2.41. The Hall–Kier alpha value is -1.73. The van der Waals surface area contributed by atoms with Gasteiger partial charge in [0.2, 0.25) is 0 Å². The van der Waals surface area contributed by atoms with E-state index in [1.807, 2.05) is 11.9 Å². The summed E-state index contributed by atoms with van der Waals surface area (Å²) in [5.74, 6) is 0.329. The zero-order chi connectivity index (χ0) is 16.0. The van der Waals surface area contributed by atoms with Gasteiger partial charge in [0, 0.05) is 19.6 Å². The van der Waals surface area contributed by atoms with Crippen LogP contribution in [0.4, 0.5) is 5.82 Å².